The van der Waals surface area contributed by atoms with E-state index in [1.165, 1.54) is 16.5 Å². The highest BCUT2D eigenvalue weighted by atomic mass is 15.2. The van der Waals surface area contributed by atoms with Gasteiger partial charge in [-0.2, -0.15) is 0 Å². The first-order valence-electron chi connectivity index (χ1n) is 3.47. The molecule has 0 saturated heterocycles. The molecule has 0 bridgehead atoms. The van der Waals surface area contributed by atoms with Gasteiger partial charge in [-0.3, -0.25) is 0 Å². The Kier molecular flexibility index (Phi) is 2.45. The van der Waals surface area contributed by atoms with Gasteiger partial charge in [0.15, 0.2) is 7.98 Å². The topological polar surface area (TPSA) is 0 Å². The average molecular weight is 149 g/mol. The summed E-state index contributed by atoms with van der Waals surface area (Å²) in [6.07, 6.45) is 10.7. The summed E-state index contributed by atoms with van der Waals surface area (Å²) in [7, 11) is 5.02. The molecule has 0 heterocycles. The maximum absolute atomic E-state index is 2.31. The molecule has 0 atom stereocenters. The molecule has 0 saturated carbocycles. The Hall–Kier alpha value is -0.625. The van der Waals surface area contributed by atoms with Crippen LogP contribution in [0.5, 0.6) is 0 Å². The average Bonchev–Trinajstić information content (AvgIpc) is 1.85. The van der Waals surface area contributed by atoms with Crippen molar-refractivity contribution in [2.75, 3.05) is 20.6 Å². The Bertz CT molecular complexity index is 186. The predicted octanol–water partition coefficient (Wildman–Crippen LogP) is 0.248. The standard InChI is InChI=1S/C9H16BN/c1-11(2,10)8-9-6-4-3-5-7-9/h3-7H,8H2,1-2,10H3/q+1. The molecular weight excluding hydrogens is 133 g/mol. The molecule has 59 valence electrons. The number of rotatable bonds is 2. The minimum atomic E-state index is 0.400. The van der Waals surface area contributed by atoms with E-state index in [1.807, 2.05) is 0 Å². The fourth-order valence-electron chi connectivity index (χ4n) is 0.949. The van der Waals surface area contributed by atoms with Gasteiger partial charge in [0.25, 0.3) is 0 Å². The van der Waals surface area contributed by atoms with E-state index in [9.17, 15) is 0 Å². The van der Waals surface area contributed by atoms with Gasteiger partial charge in [-0.25, -0.2) is 0 Å². The molecule has 0 spiro atoms. The molecule has 0 N–H and O–H groups in total. The Balaban J connectivity index is 2.49. The van der Waals surface area contributed by atoms with Crippen LogP contribution in [0.2, 0.25) is 0 Å². The first-order chi connectivity index (χ1) is 5.08. The van der Waals surface area contributed by atoms with Crippen molar-refractivity contribution in [3.8, 4) is 0 Å². The largest absolute Gasteiger partial charge is 0.522 e. The third-order valence-corrected chi connectivity index (χ3v) is 1.34. The smallest absolute Gasteiger partial charge is 0.169 e. The Morgan fingerprint density at radius 2 is 2.27 bits per heavy atom. The molecule has 1 aliphatic rings. The highest BCUT2D eigenvalue weighted by molar-refractivity contribution is 5.97. The number of likely N-dealkylation sites (N-methyl/N-ethyl adjacent to an activating group) is 1. The second-order valence-electron chi connectivity index (χ2n) is 2.72. The molecule has 0 fully saturated rings. The fraction of sp³-hybridized carbons (Fsp3) is 0.333. The van der Waals surface area contributed by atoms with E-state index in [0.717, 1.165) is 0 Å². The summed E-state index contributed by atoms with van der Waals surface area (Å²) in [6, 6.07) is 0. The third kappa shape index (κ3) is 3.33. The van der Waals surface area contributed by atoms with Crippen LogP contribution < -0.4 is 0 Å². The molecule has 0 aromatic carbocycles. The summed E-state index contributed by atoms with van der Waals surface area (Å²) >= 11 is 0. The minimum absolute atomic E-state index is 0.400. The van der Waals surface area contributed by atoms with Crippen molar-refractivity contribution in [1.82, 2.24) is 0 Å². The van der Waals surface area contributed by atoms with Crippen LogP contribution in [0.1, 0.15) is 0 Å². The van der Waals surface area contributed by atoms with Crippen LogP contribution in [0.3, 0.4) is 0 Å². The van der Waals surface area contributed by atoms with E-state index >= 15 is 0 Å². The second-order valence-corrected chi connectivity index (χ2v) is 2.72. The summed E-state index contributed by atoms with van der Waals surface area (Å²) in [5.41, 5.74) is 1.47. The van der Waals surface area contributed by atoms with Crippen LogP contribution in [-0.2, 0) is 0 Å². The van der Waals surface area contributed by atoms with Crippen LogP contribution in [0, 0.1) is 12.8 Å². The Morgan fingerprint density at radius 1 is 1.55 bits per heavy atom. The first kappa shape index (κ1) is 8.47. The van der Waals surface area contributed by atoms with Crippen molar-refractivity contribution in [2.24, 2.45) is 0 Å². The lowest BCUT2D eigenvalue weighted by molar-refractivity contribution is -0.767. The molecule has 0 unspecified atom stereocenters. The SMILES string of the molecule is [BH3-][N+](C)(C)CC1=C[CH][CH+]C=C1. The molecule has 0 aliphatic heterocycles. The quantitative estimate of drug-likeness (QED) is 0.390. The zero-order chi connectivity index (χ0) is 8.32. The van der Waals surface area contributed by atoms with Gasteiger partial charge in [0.2, 0.25) is 0 Å². The van der Waals surface area contributed by atoms with Gasteiger partial charge in [0, 0.05) is 14.1 Å². The summed E-state index contributed by atoms with van der Waals surface area (Å²) in [6.45, 7) is 1.21. The Labute approximate surface area is 70.4 Å². The van der Waals surface area contributed by atoms with Gasteiger partial charge in [0.05, 0.1) is 37.1 Å². The zero-order valence-corrected chi connectivity index (χ0v) is 6.54. The molecule has 1 radical (unpaired) electrons. The second kappa shape index (κ2) is 3.18. The summed E-state index contributed by atoms with van der Waals surface area (Å²) in [5.74, 6) is 0. The lowest BCUT2D eigenvalue weighted by Crippen LogP contribution is -2.37. The van der Waals surface area contributed by atoms with Crippen molar-refractivity contribution in [3.63, 3.8) is 0 Å². The highest BCUT2D eigenvalue weighted by Crippen LogP contribution is 2.10. The van der Waals surface area contributed by atoms with Crippen molar-refractivity contribution in [1.29, 1.82) is 0 Å². The third-order valence-electron chi connectivity index (χ3n) is 1.34. The van der Waals surface area contributed by atoms with Crippen LogP contribution in [0.25, 0.3) is 0 Å². The van der Waals surface area contributed by atoms with Gasteiger partial charge in [0.1, 0.15) is 0 Å². The van der Waals surface area contributed by atoms with E-state index in [-0.39, 0.29) is 0 Å². The van der Waals surface area contributed by atoms with E-state index in [1.54, 1.807) is 0 Å². The van der Waals surface area contributed by atoms with Gasteiger partial charge in [-0.05, 0) is 6.08 Å². The monoisotopic (exact) mass is 149 g/mol. The van der Waals surface area contributed by atoms with Crippen LogP contribution in [0.4, 0.5) is 0 Å². The summed E-state index contributed by atoms with van der Waals surface area (Å²) in [5, 5.41) is 0. The maximum atomic E-state index is 2.31. The van der Waals surface area contributed by atoms with Crippen molar-refractivity contribution in [2.45, 2.75) is 0 Å². The molecule has 11 heavy (non-hydrogen) atoms. The lowest BCUT2D eigenvalue weighted by Gasteiger charge is -2.33. The van der Waals surface area contributed by atoms with Gasteiger partial charge in [-0.1, -0.05) is 0 Å². The highest BCUT2D eigenvalue weighted by Gasteiger charge is 2.09. The maximum Gasteiger partial charge on any atom is 0.169 e. The number of quaternary nitrogens is 1. The van der Waals surface area contributed by atoms with Crippen molar-refractivity contribution < 1.29 is 4.39 Å². The predicted molar refractivity (Wildman–Crippen MR) is 52.7 cm³/mol. The summed E-state index contributed by atoms with van der Waals surface area (Å²) < 4.78 is 1.24. The fourth-order valence-corrected chi connectivity index (χ4v) is 0.949. The first-order valence-corrected chi connectivity index (χ1v) is 3.47. The molecular formula is C9H16BN+. The van der Waals surface area contributed by atoms with Gasteiger partial charge in [-0.15, -0.1) is 0 Å². The number of hydrogen-bond acceptors (Lipinski definition) is 0. The van der Waals surface area contributed by atoms with Gasteiger partial charge < -0.3 is 4.39 Å². The van der Waals surface area contributed by atoms with Crippen molar-refractivity contribution in [3.05, 3.63) is 36.6 Å². The van der Waals surface area contributed by atoms with E-state index in [4.69, 9.17) is 0 Å². The van der Waals surface area contributed by atoms with E-state index < -0.39 is 0 Å². The molecule has 1 rings (SSSR count). The minimum Gasteiger partial charge on any atom is -0.522 e. The molecule has 0 aromatic heterocycles. The van der Waals surface area contributed by atoms with Crippen molar-refractivity contribution >= 4 is 7.98 Å². The Morgan fingerprint density at radius 3 is 2.73 bits per heavy atom. The molecule has 1 nitrogen and oxygen atoms in total. The molecule has 2 heteroatoms. The van der Waals surface area contributed by atoms with E-state index in [0.29, 0.717) is 7.98 Å². The van der Waals surface area contributed by atoms with Crippen LogP contribution in [0.15, 0.2) is 23.8 Å². The lowest BCUT2D eigenvalue weighted by atomic mass is 10.0. The number of allylic oxidation sites excluding steroid dienone is 2. The molecule has 1 aliphatic carbocycles. The molecule has 0 amide bonds. The molecule has 0 aromatic rings. The normalized spacial score (nSPS) is 17.5. The zero-order valence-electron chi connectivity index (χ0n) is 6.54. The number of hydrogen-bond donors (Lipinski definition) is 0. The van der Waals surface area contributed by atoms with Crippen LogP contribution >= 0.6 is 0 Å². The van der Waals surface area contributed by atoms with E-state index in [2.05, 4.69) is 45.2 Å². The summed E-state index contributed by atoms with van der Waals surface area (Å²) in [4.78, 5) is 0. The van der Waals surface area contributed by atoms with Gasteiger partial charge >= 0.3 is 0 Å². The number of nitrogens with zero attached hydrogens (tertiary/aromatic N) is 1. The van der Waals surface area contributed by atoms with Crippen LogP contribution in [-0.4, -0.2) is 33.0 Å².